The summed E-state index contributed by atoms with van der Waals surface area (Å²) >= 11 is 1.18. The number of hydrogen-bond acceptors (Lipinski definition) is 4. The highest BCUT2D eigenvalue weighted by atomic mass is 32.1. The Morgan fingerprint density at radius 2 is 1.92 bits per heavy atom. The van der Waals surface area contributed by atoms with Crippen molar-refractivity contribution in [2.45, 2.75) is 25.1 Å². The molecule has 3 heterocycles. The van der Waals surface area contributed by atoms with Crippen molar-refractivity contribution in [2.24, 2.45) is 7.05 Å². The Labute approximate surface area is 154 Å². The monoisotopic (exact) mass is 386 g/mol. The van der Waals surface area contributed by atoms with Gasteiger partial charge in [-0.25, -0.2) is 0 Å². The van der Waals surface area contributed by atoms with E-state index in [1.54, 1.807) is 12.1 Å². The van der Waals surface area contributed by atoms with Crippen LogP contribution in [0.3, 0.4) is 0 Å². The number of hydrogen-bond donors (Lipinski definition) is 0. The van der Waals surface area contributed by atoms with Crippen molar-refractivity contribution in [3.8, 4) is 10.6 Å². The van der Waals surface area contributed by atoms with Crippen LogP contribution in [-0.4, -0.2) is 58.7 Å². The van der Waals surface area contributed by atoms with Crippen LogP contribution in [0, 0.1) is 0 Å². The summed E-state index contributed by atoms with van der Waals surface area (Å²) in [6.45, 7) is 1.38. The van der Waals surface area contributed by atoms with Crippen molar-refractivity contribution in [1.82, 2.24) is 19.6 Å². The molecular formula is C17H21F3N4OS. The second kappa shape index (κ2) is 7.03. The van der Waals surface area contributed by atoms with Crippen LogP contribution in [0.25, 0.3) is 10.6 Å². The zero-order valence-electron chi connectivity index (χ0n) is 14.9. The number of alkyl halides is 3. The minimum Gasteiger partial charge on any atom is -0.338 e. The lowest BCUT2D eigenvalue weighted by molar-refractivity contribution is -0.143. The molecule has 9 heteroatoms. The van der Waals surface area contributed by atoms with Crippen molar-refractivity contribution >= 4 is 17.2 Å². The van der Waals surface area contributed by atoms with E-state index in [2.05, 4.69) is 10.00 Å². The number of aromatic nitrogens is 2. The van der Waals surface area contributed by atoms with Crippen LogP contribution in [0.2, 0.25) is 0 Å². The molecule has 2 aromatic heterocycles. The quantitative estimate of drug-likeness (QED) is 0.813. The van der Waals surface area contributed by atoms with Crippen molar-refractivity contribution in [1.29, 1.82) is 0 Å². The molecular weight excluding hydrogens is 365 g/mol. The van der Waals surface area contributed by atoms with Crippen LogP contribution in [0.4, 0.5) is 13.2 Å². The van der Waals surface area contributed by atoms with Gasteiger partial charge in [0.05, 0.1) is 9.75 Å². The van der Waals surface area contributed by atoms with Gasteiger partial charge in [-0.1, -0.05) is 0 Å². The third-order valence-electron chi connectivity index (χ3n) is 4.72. The highest BCUT2D eigenvalue weighted by Gasteiger charge is 2.35. The van der Waals surface area contributed by atoms with Crippen LogP contribution < -0.4 is 0 Å². The number of carbonyl (C=O) groups excluding carboxylic acids is 1. The van der Waals surface area contributed by atoms with E-state index >= 15 is 0 Å². The fourth-order valence-electron chi connectivity index (χ4n) is 3.18. The summed E-state index contributed by atoms with van der Waals surface area (Å²) in [5.41, 5.74) is -0.574. The van der Waals surface area contributed by atoms with Crippen LogP contribution in [0.15, 0.2) is 18.2 Å². The number of amides is 1. The van der Waals surface area contributed by atoms with E-state index in [0.29, 0.717) is 28.9 Å². The Kier molecular flexibility index (Phi) is 5.12. The van der Waals surface area contributed by atoms with Gasteiger partial charge in [-0.15, -0.1) is 11.3 Å². The van der Waals surface area contributed by atoms with Crippen molar-refractivity contribution in [3.05, 3.63) is 28.8 Å². The van der Waals surface area contributed by atoms with Gasteiger partial charge in [0.1, 0.15) is 11.4 Å². The van der Waals surface area contributed by atoms with E-state index in [-0.39, 0.29) is 11.6 Å². The Morgan fingerprint density at radius 1 is 1.27 bits per heavy atom. The maximum absolute atomic E-state index is 12.9. The van der Waals surface area contributed by atoms with Crippen LogP contribution in [-0.2, 0) is 13.2 Å². The maximum Gasteiger partial charge on any atom is 0.433 e. The van der Waals surface area contributed by atoms with Gasteiger partial charge in [-0.3, -0.25) is 9.48 Å². The zero-order valence-corrected chi connectivity index (χ0v) is 15.7. The number of halogens is 3. The molecule has 0 bridgehead atoms. The first-order valence-electron chi connectivity index (χ1n) is 8.34. The minimum atomic E-state index is -4.45. The first-order chi connectivity index (χ1) is 12.2. The largest absolute Gasteiger partial charge is 0.433 e. The number of likely N-dealkylation sites (tertiary alicyclic amines) is 1. The summed E-state index contributed by atoms with van der Waals surface area (Å²) in [5.74, 6) is -0.0644. The highest BCUT2D eigenvalue weighted by Crippen LogP contribution is 2.34. The molecule has 26 heavy (non-hydrogen) atoms. The lowest BCUT2D eigenvalue weighted by atomic mass is 10.0. The van der Waals surface area contributed by atoms with E-state index < -0.39 is 11.9 Å². The summed E-state index contributed by atoms with van der Waals surface area (Å²) in [6, 6.07) is 4.82. The van der Waals surface area contributed by atoms with Gasteiger partial charge < -0.3 is 9.80 Å². The van der Waals surface area contributed by atoms with Crippen LogP contribution in [0.1, 0.15) is 28.2 Å². The summed E-state index contributed by atoms with van der Waals surface area (Å²) in [5, 5.41) is 3.94. The lowest BCUT2D eigenvalue weighted by Gasteiger charge is -2.35. The Balaban J connectivity index is 1.73. The van der Waals surface area contributed by atoms with Crippen LogP contribution >= 0.6 is 11.3 Å². The molecule has 1 aliphatic heterocycles. The molecule has 0 atom stereocenters. The first-order valence-corrected chi connectivity index (χ1v) is 9.15. The predicted octanol–water partition coefficient (Wildman–Crippen LogP) is 3.33. The Hall–Kier alpha value is -1.87. The van der Waals surface area contributed by atoms with Crippen molar-refractivity contribution in [3.63, 3.8) is 0 Å². The van der Waals surface area contributed by atoms with Crippen molar-refractivity contribution < 1.29 is 18.0 Å². The fourth-order valence-corrected chi connectivity index (χ4v) is 4.11. The molecule has 0 radical (unpaired) electrons. The van der Waals surface area contributed by atoms with Gasteiger partial charge in [0.25, 0.3) is 5.91 Å². The molecule has 1 aliphatic rings. The molecule has 0 unspecified atom stereocenters. The molecule has 0 aromatic carbocycles. The summed E-state index contributed by atoms with van der Waals surface area (Å²) in [6.07, 6.45) is -2.61. The number of aryl methyl sites for hydroxylation is 1. The Bertz CT molecular complexity index is 788. The number of piperidine rings is 1. The molecule has 3 rings (SSSR count). The number of thiophene rings is 1. The van der Waals surface area contributed by atoms with Crippen LogP contribution in [0.5, 0.6) is 0 Å². The molecule has 1 amide bonds. The van der Waals surface area contributed by atoms with E-state index in [0.717, 1.165) is 23.6 Å². The van der Waals surface area contributed by atoms with Crippen molar-refractivity contribution in [2.75, 3.05) is 27.2 Å². The van der Waals surface area contributed by atoms with Gasteiger partial charge in [0.2, 0.25) is 0 Å². The molecule has 1 saturated heterocycles. The normalized spacial score (nSPS) is 16.5. The summed E-state index contributed by atoms with van der Waals surface area (Å²) < 4.78 is 39.6. The topological polar surface area (TPSA) is 41.4 Å². The number of rotatable bonds is 3. The Morgan fingerprint density at radius 3 is 2.46 bits per heavy atom. The highest BCUT2D eigenvalue weighted by molar-refractivity contribution is 7.17. The second-order valence-corrected chi connectivity index (χ2v) is 7.77. The fraction of sp³-hybridized carbons (Fsp3) is 0.529. The lowest BCUT2D eigenvalue weighted by Crippen LogP contribution is -2.44. The zero-order chi connectivity index (χ0) is 19.1. The minimum absolute atomic E-state index is 0.0644. The molecule has 5 nitrogen and oxygen atoms in total. The molecule has 2 aromatic rings. The average molecular weight is 386 g/mol. The summed E-state index contributed by atoms with van der Waals surface area (Å²) in [7, 11) is 5.34. The van der Waals surface area contributed by atoms with Gasteiger partial charge in [-0.2, -0.15) is 18.3 Å². The smallest absolute Gasteiger partial charge is 0.338 e. The molecule has 1 fully saturated rings. The molecule has 0 N–H and O–H groups in total. The van der Waals surface area contributed by atoms with Gasteiger partial charge in [-0.05, 0) is 45.1 Å². The predicted molar refractivity (Wildman–Crippen MR) is 94.1 cm³/mol. The van der Waals surface area contributed by atoms with Gasteiger partial charge >= 0.3 is 6.18 Å². The molecule has 0 spiro atoms. The van der Waals surface area contributed by atoms with E-state index in [4.69, 9.17) is 0 Å². The second-order valence-electron chi connectivity index (χ2n) is 6.69. The average Bonchev–Trinajstić information content (AvgIpc) is 3.20. The van der Waals surface area contributed by atoms with E-state index in [1.165, 1.54) is 18.4 Å². The van der Waals surface area contributed by atoms with E-state index in [1.807, 2.05) is 19.0 Å². The van der Waals surface area contributed by atoms with Gasteiger partial charge in [0, 0.05) is 26.2 Å². The van der Waals surface area contributed by atoms with Gasteiger partial charge in [0.15, 0.2) is 0 Å². The third kappa shape index (κ3) is 3.78. The maximum atomic E-state index is 12.9. The third-order valence-corrected chi connectivity index (χ3v) is 5.82. The summed E-state index contributed by atoms with van der Waals surface area (Å²) in [4.78, 5) is 17.7. The molecule has 0 aliphatic carbocycles. The number of carbonyl (C=O) groups is 1. The van der Waals surface area contributed by atoms with E-state index in [9.17, 15) is 18.0 Å². The standard InChI is InChI=1S/C17H21F3N4OS/c1-22(2)11-6-8-24(9-7-11)16(25)14-5-4-13(26-14)12-10-15(17(18,19)20)23(3)21-12/h4-5,10-11H,6-9H2,1-3H3. The number of nitrogens with zero attached hydrogens (tertiary/aromatic N) is 4. The first kappa shape index (κ1) is 18.9. The molecule has 0 saturated carbocycles. The SMILES string of the molecule is CN(C)C1CCN(C(=O)c2ccc(-c3cc(C(F)(F)F)n(C)n3)s2)CC1. The molecule has 142 valence electrons.